The van der Waals surface area contributed by atoms with Gasteiger partial charge in [-0.05, 0) is 125 Å². The van der Waals surface area contributed by atoms with Gasteiger partial charge in [-0.3, -0.25) is 4.79 Å². The smallest absolute Gasteiger partial charge is 0.302 e. The molecule has 10 rings (SSSR count). The number of phenolic OH excluding ortho intramolecular Hbond substituents is 1. The molecule has 1 aromatic carbocycles. The van der Waals surface area contributed by atoms with Crippen LogP contribution in [0, 0.1) is 51.8 Å². The summed E-state index contributed by atoms with van der Waals surface area (Å²) in [5.41, 5.74) is 6.55. The molecule has 3 saturated carbocycles. The lowest BCUT2D eigenvalue weighted by atomic mass is 9.45. The molecule has 0 amide bonds. The average molecular weight is 988 g/mol. The number of nitrogens with one attached hydrogen (secondary N) is 3. The molecule has 5 spiro atoms. The molecule has 4 fully saturated rings. The van der Waals surface area contributed by atoms with Gasteiger partial charge in [-0.1, -0.05) is 83.4 Å². The van der Waals surface area contributed by atoms with Crippen molar-refractivity contribution in [1.82, 2.24) is 16.0 Å². The number of aliphatic hydroxyl groups is 4. The van der Waals surface area contributed by atoms with Crippen molar-refractivity contribution in [3.05, 3.63) is 47.6 Å². The van der Waals surface area contributed by atoms with Crippen molar-refractivity contribution in [3.63, 3.8) is 0 Å². The highest BCUT2D eigenvalue weighted by Gasteiger charge is 2.66. The highest BCUT2D eigenvalue weighted by atomic mass is 33.1. The summed E-state index contributed by atoms with van der Waals surface area (Å²) in [6, 6.07) is 2.46. The fourth-order valence-electron chi connectivity index (χ4n) is 15.6. The van der Waals surface area contributed by atoms with Crippen LogP contribution in [0.5, 0.6) is 11.5 Å². The van der Waals surface area contributed by atoms with Crippen molar-refractivity contribution in [2.24, 2.45) is 50.6 Å². The average Bonchev–Trinajstić information content (AvgIpc) is 3.97. The monoisotopic (exact) mass is 988 g/mol. The second kappa shape index (κ2) is 20.2. The minimum atomic E-state index is -1.90. The van der Waals surface area contributed by atoms with Crippen molar-refractivity contribution < 1.29 is 39.8 Å². The Balaban J connectivity index is 1.12. The molecular weight excluding hydrogens is 911 g/mol. The Morgan fingerprint density at radius 3 is 2.62 bits per heavy atom. The molecule has 10 N–H and O–H groups in total. The number of aliphatic hydroxyl groups excluding tert-OH is 3. The standard InChI is InChI=1S/C54H77N5O8S2/c1-34(60)66-44-27-39(61)14-21-52-20-13-35-7-5-17-51(30-40(15-22-57-51)67-45-26-36(25-41(35)44)42(48(64)65)28-43(45)62)32-56-23-24-68-69-33-54(59-49(55)58-46(52)9-4-10-47(52)63)31-50-16-6-8-37(50)11-12-38(29-50)53(54)18-2-3-19-53/h4,9,11-12,26,28,35,37-41,44,46-48,56-57,61-65H,2-3,5-8,10,14-19,21-25,27,29-33H2,1H3,(H3,55,58,59)/t35-,37-,38+,39+,40+,41-,44+,46-,47-,50-,51+,52-,54-/m1/s1. The number of fused-ring (bicyclic) bond motifs is 8. The zero-order valence-corrected chi connectivity index (χ0v) is 42.1. The van der Waals surface area contributed by atoms with Gasteiger partial charge in [0.25, 0.3) is 0 Å². The number of hydrogen-bond donors (Lipinski definition) is 9. The van der Waals surface area contributed by atoms with Crippen LogP contribution in [-0.2, 0) is 16.0 Å². The van der Waals surface area contributed by atoms with E-state index in [0.717, 1.165) is 69.7 Å². The Morgan fingerprint density at radius 2 is 1.80 bits per heavy atom. The third-order valence-electron chi connectivity index (χ3n) is 18.9. The van der Waals surface area contributed by atoms with Crippen LogP contribution < -0.4 is 26.4 Å². The number of ether oxygens (including phenoxy) is 2. The maximum absolute atomic E-state index is 13.0. The molecule has 378 valence electrons. The maximum atomic E-state index is 13.0. The van der Waals surface area contributed by atoms with Gasteiger partial charge < -0.3 is 56.7 Å². The molecule has 15 heteroatoms. The Bertz CT molecular complexity index is 2210. The van der Waals surface area contributed by atoms with Gasteiger partial charge in [-0.2, -0.15) is 0 Å². The lowest BCUT2D eigenvalue weighted by molar-refractivity contribution is -0.152. The molecule has 1 saturated heterocycles. The van der Waals surface area contributed by atoms with Gasteiger partial charge in [-0.25, -0.2) is 4.99 Å². The zero-order valence-electron chi connectivity index (χ0n) is 40.5. The molecule has 3 heterocycles. The molecule has 0 radical (unpaired) electrons. The largest absolute Gasteiger partial charge is 0.504 e. The topological polar surface area (TPSA) is 211 Å². The minimum absolute atomic E-state index is 0.0367. The molecule has 13 nitrogen and oxygen atoms in total. The zero-order chi connectivity index (χ0) is 48.0. The van der Waals surface area contributed by atoms with Crippen LogP contribution in [0.25, 0.3) is 0 Å². The fourth-order valence-corrected chi connectivity index (χ4v) is 18.1. The van der Waals surface area contributed by atoms with Crippen molar-refractivity contribution in [2.45, 2.75) is 177 Å². The third-order valence-corrected chi connectivity index (χ3v) is 21.4. The van der Waals surface area contributed by atoms with Crippen LogP contribution in [0.4, 0.5) is 0 Å². The maximum Gasteiger partial charge on any atom is 0.302 e. The summed E-state index contributed by atoms with van der Waals surface area (Å²) in [7, 11) is 3.92. The van der Waals surface area contributed by atoms with Gasteiger partial charge in [0.15, 0.2) is 23.7 Å². The second-order valence-corrected chi connectivity index (χ2v) is 25.4. The van der Waals surface area contributed by atoms with Gasteiger partial charge in [0, 0.05) is 72.7 Å². The molecule has 8 bridgehead atoms. The van der Waals surface area contributed by atoms with E-state index in [-0.39, 0.29) is 64.3 Å². The van der Waals surface area contributed by atoms with Gasteiger partial charge >= 0.3 is 5.97 Å². The predicted molar refractivity (Wildman–Crippen MR) is 271 cm³/mol. The van der Waals surface area contributed by atoms with E-state index in [9.17, 15) is 30.3 Å². The summed E-state index contributed by atoms with van der Waals surface area (Å²) in [5, 5.41) is 69.3. The summed E-state index contributed by atoms with van der Waals surface area (Å²) in [6.07, 6.45) is 20.2. The number of guanidine groups is 1. The summed E-state index contributed by atoms with van der Waals surface area (Å²) < 4.78 is 12.9. The van der Waals surface area contributed by atoms with Crippen molar-refractivity contribution in [2.75, 3.05) is 31.1 Å². The van der Waals surface area contributed by atoms with Gasteiger partial charge in [0.05, 0.1) is 29.2 Å². The number of phenols is 1. The number of benzene rings is 1. The van der Waals surface area contributed by atoms with E-state index >= 15 is 0 Å². The second-order valence-electron chi connectivity index (χ2n) is 22.8. The molecule has 0 aromatic heterocycles. The van der Waals surface area contributed by atoms with E-state index in [0.29, 0.717) is 49.0 Å². The lowest BCUT2D eigenvalue weighted by Crippen LogP contribution is -2.70. The van der Waals surface area contributed by atoms with E-state index < -0.39 is 53.9 Å². The summed E-state index contributed by atoms with van der Waals surface area (Å²) in [5.74, 6) is 9.40. The minimum Gasteiger partial charge on any atom is -0.504 e. The highest BCUT2D eigenvalue weighted by Crippen LogP contribution is 2.69. The number of nitrogens with two attached hydrogens (primary N) is 1. The number of carbonyl (C=O) groups excluding carboxylic acids is 1. The Hall–Kier alpha value is -2.94. The molecule has 9 aliphatic rings. The first-order chi connectivity index (χ1) is 33.3. The Kier molecular flexibility index (Phi) is 14.5. The summed E-state index contributed by atoms with van der Waals surface area (Å²) >= 11 is 0. The Morgan fingerprint density at radius 1 is 0.971 bits per heavy atom. The van der Waals surface area contributed by atoms with Crippen LogP contribution in [0.1, 0.15) is 140 Å². The van der Waals surface area contributed by atoms with Gasteiger partial charge in [-0.15, -0.1) is 0 Å². The Labute approximate surface area is 416 Å². The first-order valence-corrected chi connectivity index (χ1v) is 28.9. The number of esters is 1. The number of aliphatic imine (C=N–C) groups is 1. The van der Waals surface area contributed by atoms with Crippen molar-refractivity contribution >= 4 is 33.5 Å². The van der Waals surface area contributed by atoms with Crippen LogP contribution in [0.15, 0.2) is 41.4 Å². The quantitative estimate of drug-likeness (QED) is 0.0523. The molecule has 13 atom stereocenters. The predicted octanol–water partition coefficient (Wildman–Crippen LogP) is 6.31. The number of nitrogens with zero attached hydrogens (tertiary/aromatic N) is 1. The number of rotatable bonds is 2. The van der Waals surface area contributed by atoms with E-state index in [2.05, 4.69) is 46.0 Å². The molecule has 3 aliphatic heterocycles. The van der Waals surface area contributed by atoms with Crippen LogP contribution in [0.2, 0.25) is 0 Å². The molecule has 6 aliphatic carbocycles. The normalized spacial score (nSPS) is 41.1. The first kappa shape index (κ1) is 49.6. The van der Waals surface area contributed by atoms with Crippen LogP contribution in [0.3, 0.4) is 0 Å². The van der Waals surface area contributed by atoms with Crippen LogP contribution >= 0.6 is 21.6 Å². The number of hydrogen-bond acceptors (Lipinski definition) is 15. The number of aromatic hydroxyl groups is 1. The SMILES string of the molecule is CC(=O)O[C@H]1C[C@@H](O)CC[C@]23C#C[C@H]4CCC[C@@]5(CNCCSSC[C@@]6(C[C@]78CCC[C@@H]7C=C[C@@H](C8)C67CCCC7)NC(N)=N[C@@H]2C=CC[C@H]3O)C[C@H](CCN5)Oc2cc(c(C(O)O)cc2O)C[C@@H]14. The number of carbonyl (C=O) groups is 1. The number of allylic oxidation sites excluding steroid dienone is 2. The van der Waals surface area contributed by atoms with Crippen molar-refractivity contribution in [1.29, 1.82) is 0 Å². The fraction of sp³-hybridized carbons (Fsp3) is 0.741. The van der Waals surface area contributed by atoms with Crippen molar-refractivity contribution in [3.8, 4) is 23.3 Å². The lowest BCUT2D eigenvalue weighted by Gasteiger charge is -2.63. The van der Waals surface area contributed by atoms with Crippen LogP contribution in [-0.4, -0.2) is 110 Å². The highest BCUT2D eigenvalue weighted by molar-refractivity contribution is 8.76. The van der Waals surface area contributed by atoms with E-state index in [1.165, 1.54) is 51.5 Å². The van der Waals surface area contributed by atoms with E-state index in [4.69, 9.17) is 20.2 Å². The first-order valence-electron chi connectivity index (χ1n) is 26.4. The van der Waals surface area contributed by atoms with E-state index in [1.807, 2.05) is 27.7 Å². The molecule has 69 heavy (non-hydrogen) atoms. The van der Waals surface area contributed by atoms with Gasteiger partial charge in [0.1, 0.15) is 12.2 Å². The number of piperidine rings is 1. The molecular formula is C54H77N5O8S2. The summed E-state index contributed by atoms with van der Waals surface area (Å²) in [4.78, 5) is 18.4. The molecule has 0 unspecified atom stereocenters. The third kappa shape index (κ3) is 9.61. The summed E-state index contributed by atoms with van der Waals surface area (Å²) in [6.45, 7) is 3.65. The molecule has 1 aromatic rings. The van der Waals surface area contributed by atoms with E-state index in [1.54, 1.807) is 6.07 Å². The van der Waals surface area contributed by atoms with Gasteiger partial charge in [0.2, 0.25) is 0 Å².